The summed E-state index contributed by atoms with van der Waals surface area (Å²) >= 11 is 12.5. The number of anilines is 1. The Hall–Kier alpha value is -5.24. The third-order valence-electron chi connectivity index (χ3n) is 9.27. The predicted octanol–water partition coefficient (Wildman–Crippen LogP) is 6.32. The highest BCUT2D eigenvalue weighted by atomic mass is 35.5. The molecule has 2 amide bonds. The van der Waals surface area contributed by atoms with Crippen molar-refractivity contribution in [2.75, 3.05) is 44.7 Å². The van der Waals surface area contributed by atoms with Crippen LogP contribution in [0.15, 0.2) is 42.5 Å². The number of ketones is 2. The van der Waals surface area contributed by atoms with Crippen molar-refractivity contribution in [1.29, 1.82) is 0 Å². The van der Waals surface area contributed by atoms with E-state index in [4.69, 9.17) is 37.4 Å². The van der Waals surface area contributed by atoms with E-state index in [0.717, 1.165) is 19.6 Å². The predicted molar refractivity (Wildman–Crippen MR) is 214 cm³/mol. The number of rotatable bonds is 19. The second-order valence-corrected chi connectivity index (χ2v) is 13.9. The zero-order chi connectivity index (χ0) is 41.3. The van der Waals surface area contributed by atoms with Gasteiger partial charge in [0.25, 0.3) is 11.8 Å². The van der Waals surface area contributed by atoms with Crippen LogP contribution in [0.5, 0.6) is 5.75 Å². The number of hydrogen-bond acceptors (Lipinski definition) is 10. The number of hydrogen-bond donors (Lipinski definition) is 3. The molecule has 298 valence electrons. The van der Waals surface area contributed by atoms with Gasteiger partial charge in [0.15, 0.2) is 24.3 Å². The largest absolute Gasteiger partial charge is 0.480 e. The molecule has 0 bridgehead atoms. The maximum absolute atomic E-state index is 13.1. The standard InChI is InChI=1S/C41H46Cl2N4O9/c1-8-22(4)38(50)28-12-14-33(37(43)36(28)42)54-21-34(49)56-25(7)41(53)55-20-27(48)17-26-11-13-31-29(18-26)30(39(51)46-31)19-32-23(5)35(24(6)45-32)40(52)44-15-16-47(9-2)10-3/h11-14,18-19,25,45H,4,8-10,15-17,20-21H2,1-3,5-7H3,(H,44,52)(H,46,51)/b30-19-. The van der Waals surface area contributed by atoms with E-state index in [0.29, 0.717) is 63.4 Å². The van der Waals surface area contributed by atoms with Gasteiger partial charge in [0.1, 0.15) is 17.4 Å². The molecule has 2 aromatic carbocycles. The van der Waals surface area contributed by atoms with E-state index < -0.39 is 37.0 Å². The minimum atomic E-state index is -1.36. The van der Waals surface area contributed by atoms with Crippen LogP contribution in [0.25, 0.3) is 11.6 Å². The minimum Gasteiger partial charge on any atom is -0.480 e. The summed E-state index contributed by atoms with van der Waals surface area (Å²) in [5, 5.41) is 5.67. The second kappa shape index (κ2) is 19.6. The number of amides is 2. The number of nitrogens with zero attached hydrogens (tertiary/aromatic N) is 1. The zero-order valence-electron chi connectivity index (χ0n) is 32.3. The zero-order valence-corrected chi connectivity index (χ0v) is 33.8. The minimum absolute atomic E-state index is 0.0208. The molecule has 13 nitrogen and oxygen atoms in total. The Labute approximate surface area is 335 Å². The molecule has 4 rings (SSSR count). The normalized spacial score (nSPS) is 13.2. The van der Waals surface area contributed by atoms with E-state index >= 15 is 0 Å². The van der Waals surface area contributed by atoms with Gasteiger partial charge in [-0.1, -0.05) is 56.6 Å². The topological polar surface area (TPSA) is 173 Å². The number of aromatic nitrogens is 1. The fraction of sp³-hybridized carbons (Fsp3) is 0.366. The average Bonchev–Trinajstić information content (AvgIpc) is 3.64. The first-order chi connectivity index (χ1) is 26.6. The van der Waals surface area contributed by atoms with Crippen LogP contribution in [0.4, 0.5) is 5.69 Å². The Morgan fingerprint density at radius 1 is 1.00 bits per heavy atom. The maximum Gasteiger partial charge on any atom is 0.347 e. The van der Waals surface area contributed by atoms with Crippen molar-refractivity contribution >= 4 is 75.9 Å². The van der Waals surface area contributed by atoms with Crippen molar-refractivity contribution in [2.45, 2.75) is 60.5 Å². The van der Waals surface area contributed by atoms with Crippen molar-refractivity contribution in [2.24, 2.45) is 0 Å². The summed E-state index contributed by atoms with van der Waals surface area (Å²) < 4.78 is 15.6. The number of esters is 2. The quantitative estimate of drug-likeness (QED) is 0.0707. The van der Waals surface area contributed by atoms with Gasteiger partial charge in [0.05, 0.1) is 16.2 Å². The number of halogens is 2. The molecule has 1 atom stereocenters. The van der Waals surface area contributed by atoms with Crippen LogP contribution in [0, 0.1) is 13.8 Å². The third-order valence-corrected chi connectivity index (χ3v) is 10.1. The molecule has 15 heteroatoms. The number of H-pyrrole nitrogens is 1. The van der Waals surface area contributed by atoms with Gasteiger partial charge in [-0.3, -0.25) is 19.2 Å². The number of carbonyl (C=O) groups is 6. The SMILES string of the molecule is C=C(CC)C(=O)c1ccc(OCC(=O)OC(C)C(=O)OCC(=O)Cc2ccc3c(c2)/C(=C/c2[nH]c(C)c(C(=O)NCCN(CC)CC)c2C)C(=O)N3)c(Cl)c1Cl. The summed E-state index contributed by atoms with van der Waals surface area (Å²) in [5.41, 5.74) is 5.06. The lowest BCUT2D eigenvalue weighted by Gasteiger charge is -2.18. The summed E-state index contributed by atoms with van der Waals surface area (Å²) in [5.74, 6) is -3.19. The van der Waals surface area contributed by atoms with Crippen LogP contribution >= 0.6 is 23.2 Å². The van der Waals surface area contributed by atoms with Crippen LogP contribution < -0.4 is 15.4 Å². The molecule has 3 N–H and O–H groups in total. The van der Waals surface area contributed by atoms with Crippen molar-refractivity contribution in [3.05, 3.63) is 91.7 Å². The van der Waals surface area contributed by atoms with Gasteiger partial charge in [-0.2, -0.15) is 0 Å². The number of allylic oxidation sites excluding steroid dienone is 1. The molecule has 0 saturated carbocycles. The van der Waals surface area contributed by atoms with Crippen LogP contribution in [-0.2, 0) is 35.1 Å². The average molecular weight is 810 g/mol. The summed E-state index contributed by atoms with van der Waals surface area (Å²) in [6, 6.07) is 7.87. The van der Waals surface area contributed by atoms with Gasteiger partial charge in [-0.05, 0) is 87.3 Å². The molecular formula is C41H46Cl2N4O9. The number of ether oxygens (including phenoxy) is 3. The first-order valence-electron chi connectivity index (χ1n) is 18.2. The summed E-state index contributed by atoms with van der Waals surface area (Å²) in [7, 11) is 0. The number of nitrogens with one attached hydrogen (secondary N) is 3. The lowest BCUT2D eigenvalue weighted by molar-refractivity contribution is -0.168. The van der Waals surface area contributed by atoms with E-state index in [-0.39, 0.29) is 45.4 Å². The molecule has 3 aromatic rings. The van der Waals surface area contributed by atoms with Gasteiger partial charge < -0.3 is 34.7 Å². The Balaban J connectivity index is 1.31. The molecule has 0 aliphatic carbocycles. The molecule has 0 fully saturated rings. The third kappa shape index (κ3) is 10.5. The molecule has 1 unspecified atom stereocenters. The second-order valence-electron chi connectivity index (χ2n) is 13.1. The molecule has 0 radical (unpaired) electrons. The molecule has 0 saturated heterocycles. The van der Waals surface area contributed by atoms with Crippen molar-refractivity contribution in [3.63, 3.8) is 0 Å². The molecule has 56 heavy (non-hydrogen) atoms. The van der Waals surface area contributed by atoms with E-state index in [2.05, 4.69) is 40.9 Å². The number of carbonyl (C=O) groups excluding carboxylic acids is 6. The first-order valence-corrected chi connectivity index (χ1v) is 18.9. The summed E-state index contributed by atoms with van der Waals surface area (Å²) in [6.45, 7) is 16.3. The van der Waals surface area contributed by atoms with E-state index in [1.54, 1.807) is 38.1 Å². The Kier molecular flexibility index (Phi) is 15.2. The van der Waals surface area contributed by atoms with E-state index in [1.807, 2.05) is 6.92 Å². The molecule has 2 heterocycles. The monoisotopic (exact) mass is 808 g/mol. The molecule has 0 spiro atoms. The number of benzene rings is 2. The molecular weight excluding hydrogens is 763 g/mol. The Morgan fingerprint density at radius 3 is 2.39 bits per heavy atom. The molecule has 1 aromatic heterocycles. The summed E-state index contributed by atoms with van der Waals surface area (Å²) in [4.78, 5) is 81.7. The van der Waals surface area contributed by atoms with Crippen molar-refractivity contribution < 1.29 is 43.0 Å². The number of aromatic amines is 1. The highest BCUT2D eigenvalue weighted by Crippen LogP contribution is 2.37. The van der Waals surface area contributed by atoms with Gasteiger partial charge in [0.2, 0.25) is 0 Å². The van der Waals surface area contributed by atoms with Crippen LogP contribution in [-0.4, -0.2) is 90.7 Å². The molecule has 1 aliphatic heterocycles. The smallest absolute Gasteiger partial charge is 0.347 e. The van der Waals surface area contributed by atoms with Gasteiger partial charge in [-0.25, -0.2) is 9.59 Å². The van der Waals surface area contributed by atoms with Gasteiger partial charge in [-0.15, -0.1) is 0 Å². The fourth-order valence-corrected chi connectivity index (χ4v) is 6.44. The van der Waals surface area contributed by atoms with Crippen LogP contribution in [0.2, 0.25) is 10.0 Å². The first kappa shape index (κ1) is 43.5. The number of fused-ring (bicyclic) bond motifs is 1. The fourth-order valence-electron chi connectivity index (χ4n) is 5.98. The number of aryl methyl sites for hydroxylation is 1. The highest BCUT2D eigenvalue weighted by Gasteiger charge is 2.27. The van der Waals surface area contributed by atoms with Gasteiger partial charge in [0, 0.05) is 47.7 Å². The highest BCUT2D eigenvalue weighted by molar-refractivity contribution is 6.45. The molecule has 1 aliphatic rings. The lowest BCUT2D eigenvalue weighted by Crippen LogP contribution is -2.35. The van der Waals surface area contributed by atoms with E-state index in [9.17, 15) is 28.8 Å². The van der Waals surface area contributed by atoms with Crippen molar-refractivity contribution in [3.8, 4) is 5.75 Å². The number of Topliss-reactive ketones (excluding diaryl/α,β-unsaturated/α-hetero) is 2. The van der Waals surface area contributed by atoms with Crippen LogP contribution in [0.1, 0.15) is 82.9 Å². The number of likely N-dealkylation sites (N-methyl/N-ethyl adjacent to an activating group) is 1. The van der Waals surface area contributed by atoms with E-state index in [1.165, 1.54) is 19.1 Å². The van der Waals surface area contributed by atoms with Crippen LogP contribution in [0.3, 0.4) is 0 Å². The van der Waals surface area contributed by atoms with Crippen molar-refractivity contribution in [1.82, 2.24) is 15.2 Å². The van der Waals surface area contributed by atoms with Gasteiger partial charge >= 0.3 is 11.9 Å². The summed E-state index contributed by atoms with van der Waals surface area (Å²) in [6.07, 6.45) is 0.647. The Bertz CT molecular complexity index is 2080. The Morgan fingerprint density at radius 2 is 1.71 bits per heavy atom. The maximum atomic E-state index is 13.1. The lowest BCUT2D eigenvalue weighted by atomic mass is 9.99.